The summed E-state index contributed by atoms with van der Waals surface area (Å²) in [5.74, 6) is -7.40. The van der Waals surface area contributed by atoms with Crippen molar-refractivity contribution in [3.63, 3.8) is 0 Å². The SMILES string of the molecule is C/C(O)=C(\N=Nc1cc(S(=O)(=O)Nc2ccccc2C(=O)O)ccc1O)C(=O)Nc1ccccc1Cl.C/C([O-])=C(\N=Nc1cc(S(=O)(=O)Nc2ccccc2C(=O)[O-])ccc1[O-])C([O-])=Nc1ccccc1Cl.[Co].[Na+].[Na+].[Na+].[Na+]. The molecule has 0 fully saturated rings. The predicted octanol–water partition coefficient (Wildman–Crippen LogP) is -5.59. The maximum atomic E-state index is 12.8. The summed E-state index contributed by atoms with van der Waals surface area (Å²) in [5, 5.41) is 94.5. The number of amides is 1. The second kappa shape index (κ2) is 33.3. The van der Waals surface area contributed by atoms with Gasteiger partial charge >= 0.3 is 124 Å². The number of carbonyl (C=O) groups excluding carboxylic acids is 2. The molecule has 0 aliphatic heterocycles. The Bertz CT molecular complexity index is 3500. The number of hydrogen-bond acceptors (Lipinski definition) is 18. The Labute approximate surface area is 549 Å². The number of nitrogens with zero attached hydrogens (tertiary/aromatic N) is 5. The zero-order chi connectivity index (χ0) is 52.9. The van der Waals surface area contributed by atoms with Crippen LogP contribution >= 0.6 is 23.2 Å². The number of phenols is 1. The molecule has 1 amide bonds. The summed E-state index contributed by atoms with van der Waals surface area (Å²) in [7, 11) is -8.69. The first-order valence-corrected chi connectivity index (χ1v) is 23.7. The molecule has 0 aliphatic rings. The fraction of sp³-hybridized carbons (Fsp3) is 0.0435. The molecule has 0 aromatic heterocycles. The summed E-state index contributed by atoms with van der Waals surface area (Å²) >= 11 is 12.0. The number of rotatable bonds is 16. The summed E-state index contributed by atoms with van der Waals surface area (Å²) in [6.45, 7) is 2.22. The van der Waals surface area contributed by atoms with Gasteiger partial charge in [0, 0.05) is 28.2 Å². The monoisotopic (exact) mass is 1210 g/mol. The Morgan fingerprint density at radius 2 is 1.03 bits per heavy atom. The predicted molar refractivity (Wildman–Crippen MR) is 255 cm³/mol. The summed E-state index contributed by atoms with van der Waals surface area (Å²) in [4.78, 5) is 38.1. The molecule has 6 aromatic rings. The van der Waals surface area contributed by atoms with Gasteiger partial charge in [-0.3, -0.25) is 19.2 Å². The Hall–Kier alpha value is -4.33. The molecule has 0 spiro atoms. The minimum atomic E-state index is -4.38. The van der Waals surface area contributed by atoms with E-state index in [1.54, 1.807) is 30.3 Å². The van der Waals surface area contributed by atoms with Crippen LogP contribution in [0.4, 0.5) is 34.1 Å². The van der Waals surface area contributed by atoms with Crippen molar-refractivity contribution < 1.29 is 202 Å². The largest absolute Gasteiger partial charge is 1.00 e. The van der Waals surface area contributed by atoms with E-state index >= 15 is 0 Å². The molecule has 77 heavy (non-hydrogen) atoms. The Kier molecular flexibility index (Phi) is 31.4. The van der Waals surface area contributed by atoms with Crippen LogP contribution in [0.1, 0.15) is 34.6 Å². The molecule has 1 radical (unpaired) electrons. The summed E-state index contributed by atoms with van der Waals surface area (Å²) in [5.41, 5.74) is -2.84. The molecule has 0 heterocycles. The molecule has 0 bridgehead atoms. The van der Waals surface area contributed by atoms with Gasteiger partial charge in [0.25, 0.3) is 26.0 Å². The van der Waals surface area contributed by atoms with E-state index in [0.717, 1.165) is 49.4 Å². The number of carbonyl (C=O) groups is 3. The molecule has 6 rings (SSSR count). The number of aromatic carboxylic acids is 2. The summed E-state index contributed by atoms with van der Waals surface area (Å²) in [6.07, 6.45) is 0. The molecule has 6 aromatic carbocycles. The third kappa shape index (κ3) is 20.7. The molecule has 0 saturated heterocycles. The molecule has 0 unspecified atom stereocenters. The third-order valence-corrected chi connectivity index (χ3v) is 12.5. The van der Waals surface area contributed by atoms with Gasteiger partial charge in [0.2, 0.25) is 0 Å². The van der Waals surface area contributed by atoms with Crippen LogP contribution in [0.2, 0.25) is 10.0 Å². The molecule has 0 saturated carbocycles. The molecule has 0 atom stereocenters. The van der Waals surface area contributed by atoms with Crippen molar-refractivity contribution in [1.82, 2.24) is 0 Å². The number of aliphatic hydroxyl groups excluding tert-OH is 1. The standard InChI is InChI=1S/2C23H19ClN4O7S.Co.4Na/c2*1-13(29)21(22(31)25-18-9-5-3-7-16(18)24)27-26-19-12-14(10-11-20(19)30)36(34,35)28-17-8-4-2-6-15(17)23(32)33;;;;;/h2*2-12,28-30H,1H3,(H,25,31)(H,32,33);;;;;/q;;;4*+1/p-4/b2*21-13+,27-26?;;;;;. The van der Waals surface area contributed by atoms with Crippen molar-refractivity contribution in [3.05, 3.63) is 178 Å². The number of benzene rings is 6. The normalized spacial score (nSPS) is 11.7. The number of aliphatic imine (C=N–C) groups is 1. The number of carboxylic acid groups (broad SMARTS) is 2. The zero-order valence-electron chi connectivity index (χ0n) is 41.2. The topological polar surface area (TPSA) is 370 Å². The van der Waals surface area contributed by atoms with Crippen LogP contribution in [0, 0.1) is 0 Å². The van der Waals surface area contributed by atoms with Crippen LogP contribution in [0.25, 0.3) is 0 Å². The van der Waals surface area contributed by atoms with Crippen molar-refractivity contribution in [2.45, 2.75) is 23.6 Å². The van der Waals surface area contributed by atoms with Gasteiger partial charge in [-0.05, 0) is 79.7 Å². The van der Waals surface area contributed by atoms with E-state index in [4.69, 9.17) is 23.2 Å². The number of allylic oxidation sites excluding steroid dienone is 2. The van der Waals surface area contributed by atoms with Crippen LogP contribution in [0.15, 0.2) is 192 Å². The van der Waals surface area contributed by atoms with Crippen LogP contribution in [0.3, 0.4) is 0 Å². The molecule has 381 valence electrons. The number of hydrogen-bond donors (Lipinski definition) is 6. The van der Waals surface area contributed by atoms with Gasteiger partial charge in [-0.25, -0.2) is 21.6 Å². The molecule has 22 nitrogen and oxygen atoms in total. The fourth-order valence-corrected chi connectivity index (χ4v) is 8.17. The number of halogens is 2. The van der Waals surface area contributed by atoms with Gasteiger partial charge in [0.1, 0.15) is 17.2 Å². The fourth-order valence-electron chi connectivity index (χ4n) is 5.61. The number of anilines is 3. The van der Waals surface area contributed by atoms with Crippen LogP contribution in [-0.4, -0.2) is 55.9 Å². The molecule has 6 N–H and O–H groups in total. The number of azo groups is 2. The Balaban J connectivity index is 0.00000141. The minimum absolute atomic E-state index is 0. The van der Waals surface area contributed by atoms with E-state index < -0.39 is 94.3 Å². The smallest absolute Gasteiger partial charge is 0.874 e. The number of nitrogens with one attached hydrogen (secondary N) is 3. The van der Waals surface area contributed by atoms with Crippen molar-refractivity contribution in [2.75, 3.05) is 14.8 Å². The molecule has 31 heteroatoms. The molecular formula is C46H34Cl2CoN8Na4O14S2. The number of para-hydroxylation sites is 4. The second-order valence-electron chi connectivity index (χ2n) is 14.2. The number of aromatic hydroxyl groups is 1. The van der Waals surface area contributed by atoms with Crippen molar-refractivity contribution in [1.29, 1.82) is 0 Å². The quantitative estimate of drug-likeness (QED) is 0.0132. The molecule has 0 aliphatic carbocycles. The third-order valence-electron chi connectivity index (χ3n) is 9.10. The van der Waals surface area contributed by atoms with Crippen molar-refractivity contribution >= 4 is 101 Å². The summed E-state index contributed by atoms with van der Waals surface area (Å²) < 4.78 is 55.5. The van der Waals surface area contributed by atoms with Gasteiger partial charge in [-0.2, -0.15) is 10.2 Å². The van der Waals surface area contributed by atoms with Gasteiger partial charge < -0.3 is 45.9 Å². The first-order valence-electron chi connectivity index (χ1n) is 20.0. The van der Waals surface area contributed by atoms with Gasteiger partial charge in [0.15, 0.2) is 5.70 Å². The van der Waals surface area contributed by atoms with Crippen LogP contribution < -0.4 is 153 Å². The van der Waals surface area contributed by atoms with Crippen LogP contribution in [0.5, 0.6) is 11.5 Å². The van der Waals surface area contributed by atoms with Gasteiger partial charge in [-0.15, -0.1) is 16.0 Å². The van der Waals surface area contributed by atoms with Crippen LogP contribution in [-0.2, 0) is 41.6 Å². The van der Waals surface area contributed by atoms with E-state index in [1.165, 1.54) is 67.6 Å². The number of aliphatic hydroxyl groups is 1. The number of sulfonamides is 2. The minimum Gasteiger partial charge on any atom is -0.874 e. The van der Waals surface area contributed by atoms with E-state index in [1.807, 2.05) is 0 Å². The Morgan fingerprint density at radius 3 is 1.55 bits per heavy atom. The van der Waals surface area contributed by atoms with E-state index in [2.05, 4.69) is 40.2 Å². The van der Waals surface area contributed by atoms with Gasteiger partial charge in [0.05, 0.1) is 65.5 Å². The van der Waals surface area contributed by atoms with Gasteiger partial charge in [-0.1, -0.05) is 96.5 Å². The first kappa shape index (κ1) is 72.7. The average Bonchev–Trinajstić information content (AvgIpc) is 3.31. The van der Waals surface area contributed by atoms with E-state index in [-0.39, 0.29) is 184 Å². The first-order chi connectivity index (χ1) is 34.0. The summed E-state index contributed by atoms with van der Waals surface area (Å²) in [6, 6.07) is 28.8. The number of phenolic OH excluding ortho intramolecular Hbond substituents is 1. The van der Waals surface area contributed by atoms with E-state index in [0.29, 0.717) is 0 Å². The van der Waals surface area contributed by atoms with E-state index in [9.17, 15) is 67.0 Å². The maximum absolute atomic E-state index is 12.8. The zero-order valence-corrected chi connectivity index (χ0v) is 53.4. The average molecular weight is 1210 g/mol. The Morgan fingerprint density at radius 1 is 0.571 bits per heavy atom. The second-order valence-corrected chi connectivity index (χ2v) is 18.4. The maximum Gasteiger partial charge on any atom is 1.00 e. The number of carboxylic acids is 2. The van der Waals surface area contributed by atoms with Crippen molar-refractivity contribution in [2.24, 2.45) is 25.4 Å². The van der Waals surface area contributed by atoms with Crippen molar-refractivity contribution in [3.8, 4) is 11.5 Å². The molecular weight excluding hydrogens is 1170 g/mol.